The summed E-state index contributed by atoms with van der Waals surface area (Å²) in [6.45, 7) is 2.37. The Kier molecular flexibility index (Phi) is 4.07. The van der Waals surface area contributed by atoms with Crippen LogP contribution < -0.4 is 5.32 Å². The molecule has 1 aliphatic rings. The molecule has 2 aromatic rings. The minimum atomic E-state index is 0.341. The summed E-state index contributed by atoms with van der Waals surface area (Å²) in [4.78, 5) is 2.17. The van der Waals surface area contributed by atoms with Gasteiger partial charge in [-0.25, -0.2) is 0 Å². The lowest BCUT2D eigenvalue weighted by Crippen LogP contribution is -2.39. The molecule has 1 aliphatic heterocycles. The minimum Gasteiger partial charge on any atom is -0.350 e. The van der Waals surface area contributed by atoms with E-state index in [1.54, 1.807) is 4.68 Å². The Morgan fingerprint density at radius 2 is 2.00 bits per heavy atom. The Balaban J connectivity index is 1.65. The van der Waals surface area contributed by atoms with Crippen molar-refractivity contribution in [1.29, 1.82) is 5.26 Å². The second-order valence-corrected chi connectivity index (χ2v) is 5.10. The molecule has 0 atom stereocenters. The molecule has 2 heterocycles. The van der Waals surface area contributed by atoms with E-state index in [0.717, 1.165) is 31.6 Å². The van der Waals surface area contributed by atoms with Gasteiger partial charge in [0.15, 0.2) is 0 Å². The molecule has 0 bridgehead atoms. The minimum absolute atomic E-state index is 0.341. The van der Waals surface area contributed by atoms with E-state index in [9.17, 15) is 0 Å². The van der Waals surface area contributed by atoms with E-state index in [-0.39, 0.29) is 0 Å². The van der Waals surface area contributed by atoms with Crippen molar-refractivity contribution in [3.05, 3.63) is 30.3 Å². The molecule has 1 saturated heterocycles. The number of para-hydroxylation sites is 1. The highest BCUT2D eigenvalue weighted by molar-refractivity contribution is 5.38. The van der Waals surface area contributed by atoms with Gasteiger partial charge in [-0.1, -0.05) is 23.3 Å². The highest BCUT2D eigenvalue weighted by Crippen LogP contribution is 2.16. The van der Waals surface area contributed by atoms with Crippen LogP contribution in [0.3, 0.4) is 0 Å². The second-order valence-electron chi connectivity index (χ2n) is 5.10. The Labute approximate surface area is 123 Å². The third-order valence-corrected chi connectivity index (χ3v) is 3.69. The fourth-order valence-corrected chi connectivity index (χ4v) is 2.54. The maximum absolute atomic E-state index is 8.72. The monoisotopic (exact) mass is 283 g/mol. The molecule has 0 spiro atoms. The van der Waals surface area contributed by atoms with Crippen LogP contribution in [0, 0.1) is 11.3 Å². The molecule has 1 aromatic heterocycles. The van der Waals surface area contributed by atoms with Crippen LogP contribution in [-0.2, 0) is 0 Å². The number of benzene rings is 1. The molecule has 1 aromatic carbocycles. The number of nitrogens with zero attached hydrogens (tertiary/aromatic N) is 6. The number of nitrogens with one attached hydrogen (secondary N) is 1. The van der Waals surface area contributed by atoms with Gasteiger partial charge in [-0.2, -0.15) is 9.94 Å². The zero-order valence-corrected chi connectivity index (χ0v) is 11.7. The predicted molar refractivity (Wildman–Crippen MR) is 77.9 cm³/mol. The summed E-state index contributed by atoms with van der Waals surface area (Å²) in [5.41, 5.74) is 0.937. The smallest absolute Gasteiger partial charge is 0.247 e. The van der Waals surface area contributed by atoms with Crippen LogP contribution >= 0.6 is 0 Å². The van der Waals surface area contributed by atoms with Crippen LogP contribution in [0.4, 0.5) is 5.95 Å². The van der Waals surface area contributed by atoms with E-state index in [1.807, 2.05) is 30.3 Å². The number of piperidine rings is 1. The lowest BCUT2D eigenvalue weighted by Gasteiger charge is -2.30. The average molecular weight is 283 g/mol. The van der Waals surface area contributed by atoms with Crippen LogP contribution in [0.5, 0.6) is 0 Å². The first-order chi connectivity index (χ1) is 10.4. The van der Waals surface area contributed by atoms with Gasteiger partial charge in [0.05, 0.1) is 18.3 Å². The van der Waals surface area contributed by atoms with E-state index in [1.165, 1.54) is 0 Å². The molecule has 1 fully saturated rings. The van der Waals surface area contributed by atoms with Gasteiger partial charge < -0.3 is 5.32 Å². The van der Waals surface area contributed by atoms with Crippen LogP contribution in [-0.4, -0.2) is 50.8 Å². The molecule has 0 unspecified atom stereocenters. The maximum Gasteiger partial charge on any atom is 0.247 e. The molecule has 0 radical (unpaired) electrons. The molecule has 3 rings (SSSR count). The van der Waals surface area contributed by atoms with Crippen molar-refractivity contribution >= 4 is 5.95 Å². The Morgan fingerprint density at radius 1 is 1.24 bits per heavy atom. The fourth-order valence-electron chi connectivity index (χ4n) is 2.54. The number of aromatic nitrogens is 4. The number of hydrogen-bond acceptors (Lipinski definition) is 6. The van der Waals surface area contributed by atoms with Crippen LogP contribution in [0.1, 0.15) is 12.8 Å². The third-order valence-electron chi connectivity index (χ3n) is 3.69. The van der Waals surface area contributed by atoms with Gasteiger partial charge >= 0.3 is 0 Å². The molecular weight excluding hydrogens is 266 g/mol. The fraction of sp³-hybridized carbons (Fsp3) is 0.429. The zero-order chi connectivity index (χ0) is 14.5. The summed E-state index contributed by atoms with van der Waals surface area (Å²) in [6.07, 6.45) is 1.98. The summed E-state index contributed by atoms with van der Waals surface area (Å²) >= 11 is 0. The standard InChI is InChI=1S/C14H17N7/c15-8-11-20-9-6-12(7-10-20)16-14-17-18-19-21(14)13-4-2-1-3-5-13/h1-5,12H,6-7,9-11H2,(H,16,17,19). The van der Waals surface area contributed by atoms with Gasteiger partial charge in [0.2, 0.25) is 5.95 Å². The zero-order valence-electron chi connectivity index (χ0n) is 11.7. The van der Waals surface area contributed by atoms with Crippen molar-refractivity contribution in [3.63, 3.8) is 0 Å². The Bertz CT molecular complexity index is 608. The van der Waals surface area contributed by atoms with Gasteiger partial charge in [-0.3, -0.25) is 4.90 Å². The first kappa shape index (κ1) is 13.5. The maximum atomic E-state index is 8.72. The van der Waals surface area contributed by atoms with E-state index >= 15 is 0 Å². The highest BCUT2D eigenvalue weighted by atomic mass is 15.6. The molecule has 108 valence electrons. The Hall–Kier alpha value is -2.46. The Morgan fingerprint density at radius 3 is 2.71 bits per heavy atom. The first-order valence-corrected chi connectivity index (χ1v) is 7.06. The van der Waals surface area contributed by atoms with Crippen molar-refractivity contribution in [2.45, 2.75) is 18.9 Å². The summed E-state index contributed by atoms with van der Waals surface area (Å²) < 4.78 is 1.71. The van der Waals surface area contributed by atoms with Gasteiger partial charge in [0.25, 0.3) is 0 Å². The van der Waals surface area contributed by atoms with E-state index in [4.69, 9.17) is 5.26 Å². The summed E-state index contributed by atoms with van der Waals surface area (Å²) in [5.74, 6) is 0.667. The first-order valence-electron chi connectivity index (χ1n) is 7.06. The van der Waals surface area contributed by atoms with Crippen molar-refractivity contribution in [3.8, 4) is 11.8 Å². The number of rotatable bonds is 4. The molecule has 0 aliphatic carbocycles. The summed E-state index contributed by atoms with van der Waals surface area (Å²) in [6, 6.07) is 12.4. The number of tetrazole rings is 1. The molecular formula is C14H17N7. The predicted octanol–water partition coefficient (Wildman–Crippen LogP) is 1.06. The number of hydrogen-bond donors (Lipinski definition) is 1. The SMILES string of the molecule is N#CCN1CCC(Nc2nnnn2-c2ccccc2)CC1. The van der Waals surface area contributed by atoms with Crippen LogP contribution in [0.15, 0.2) is 30.3 Å². The molecule has 1 N–H and O–H groups in total. The number of likely N-dealkylation sites (tertiary alicyclic amines) is 1. The van der Waals surface area contributed by atoms with Crippen molar-refractivity contribution in [1.82, 2.24) is 25.1 Å². The average Bonchev–Trinajstić information content (AvgIpc) is 2.98. The molecule has 7 nitrogen and oxygen atoms in total. The molecule has 0 amide bonds. The summed E-state index contributed by atoms with van der Waals surface area (Å²) in [5, 5.41) is 24.0. The van der Waals surface area contributed by atoms with E-state index in [2.05, 4.69) is 31.8 Å². The quantitative estimate of drug-likeness (QED) is 0.845. The third kappa shape index (κ3) is 3.17. The van der Waals surface area contributed by atoms with Crippen molar-refractivity contribution in [2.75, 3.05) is 25.0 Å². The largest absolute Gasteiger partial charge is 0.350 e. The molecule has 21 heavy (non-hydrogen) atoms. The normalized spacial score (nSPS) is 16.5. The van der Waals surface area contributed by atoms with Gasteiger partial charge in [-0.05, 0) is 35.4 Å². The summed E-state index contributed by atoms with van der Waals surface area (Å²) in [7, 11) is 0. The van der Waals surface area contributed by atoms with Gasteiger partial charge in [0.1, 0.15) is 0 Å². The van der Waals surface area contributed by atoms with E-state index in [0.29, 0.717) is 18.5 Å². The lowest BCUT2D eigenvalue weighted by atomic mass is 10.1. The topological polar surface area (TPSA) is 82.7 Å². The molecule has 0 saturated carbocycles. The number of anilines is 1. The van der Waals surface area contributed by atoms with Crippen molar-refractivity contribution < 1.29 is 0 Å². The van der Waals surface area contributed by atoms with Crippen LogP contribution in [0.25, 0.3) is 5.69 Å². The highest BCUT2D eigenvalue weighted by Gasteiger charge is 2.20. The number of nitriles is 1. The van der Waals surface area contributed by atoms with Gasteiger partial charge in [-0.15, -0.1) is 0 Å². The van der Waals surface area contributed by atoms with Crippen molar-refractivity contribution in [2.24, 2.45) is 0 Å². The second kappa shape index (κ2) is 6.33. The van der Waals surface area contributed by atoms with Crippen LogP contribution in [0.2, 0.25) is 0 Å². The van der Waals surface area contributed by atoms with Gasteiger partial charge in [0, 0.05) is 19.1 Å². The van der Waals surface area contributed by atoms with E-state index < -0.39 is 0 Å². The molecule has 7 heteroatoms. The lowest BCUT2D eigenvalue weighted by molar-refractivity contribution is 0.242.